The highest BCUT2D eigenvalue weighted by Gasteiger charge is 2.26. The molecular weight excluding hydrogens is 210 g/mol. The van der Waals surface area contributed by atoms with Crippen LogP contribution >= 0.6 is 0 Å². The molecule has 0 saturated heterocycles. The van der Waals surface area contributed by atoms with E-state index in [9.17, 15) is 0 Å². The summed E-state index contributed by atoms with van der Waals surface area (Å²) in [5.41, 5.74) is 8.50. The molecule has 17 heavy (non-hydrogen) atoms. The van der Waals surface area contributed by atoms with Crippen molar-refractivity contribution in [2.24, 2.45) is 5.73 Å². The van der Waals surface area contributed by atoms with Crippen molar-refractivity contribution in [2.45, 2.75) is 18.6 Å². The normalized spacial score (nSPS) is 22.6. The number of fused-ring (bicyclic) bond motifs is 1. The Morgan fingerprint density at radius 3 is 2.47 bits per heavy atom. The number of para-hydroxylation sites is 1. The fourth-order valence-corrected chi connectivity index (χ4v) is 2.32. The smallest absolute Gasteiger partial charge is 0.126 e. The molecule has 0 spiro atoms. The lowest BCUT2D eigenvalue weighted by Crippen LogP contribution is -2.23. The maximum atomic E-state index is 6.19. The van der Waals surface area contributed by atoms with Crippen LogP contribution in [0.5, 0.6) is 5.75 Å². The van der Waals surface area contributed by atoms with Gasteiger partial charge < -0.3 is 10.5 Å². The molecule has 0 saturated carbocycles. The fourth-order valence-electron chi connectivity index (χ4n) is 2.32. The van der Waals surface area contributed by atoms with Crippen molar-refractivity contribution in [1.82, 2.24) is 0 Å². The van der Waals surface area contributed by atoms with Gasteiger partial charge >= 0.3 is 0 Å². The summed E-state index contributed by atoms with van der Waals surface area (Å²) in [6.07, 6.45) is 0.905. The lowest BCUT2D eigenvalue weighted by molar-refractivity contribution is 0.161. The maximum Gasteiger partial charge on any atom is 0.126 e. The molecule has 1 heterocycles. The van der Waals surface area contributed by atoms with Crippen molar-refractivity contribution in [2.75, 3.05) is 0 Å². The second-order valence-electron chi connectivity index (χ2n) is 4.40. The van der Waals surface area contributed by atoms with Gasteiger partial charge in [0.15, 0.2) is 0 Å². The lowest BCUT2D eigenvalue weighted by Gasteiger charge is -2.30. The molecule has 0 radical (unpaired) electrons. The van der Waals surface area contributed by atoms with Gasteiger partial charge in [-0.25, -0.2) is 0 Å². The molecule has 2 atom stereocenters. The summed E-state index contributed by atoms with van der Waals surface area (Å²) in [5, 5.41) is 0. The molecule has 2 heteroatoms. The minimum Gasteiger partial charge on any atom is -0.485 e. The predicted octanol–water partition coefficient (Wildman–Crippen LogP) is 3.21. The first-order chi connectivity index (χ1) is 8.34. The topological polar surface area (TPSA) is 35.2 Å². The molecule has 2 N–H and O–H groups in total. The number of benzene rings is 2. The van der Waals surface area contributed by atoms with Crippen LogP contribution in [0.1, 0.15) is 29.7 Å². The van der Waals surface area contributed by atoms with Gasteiger partial charge in [0.25, 0.3) is 0 Å². The van der Waals surface area contributed by atoms with Gasteiger partial charge in [0, 0.05) is 18.0 Å². The second-order valence-corrected chi connectivity index (χ2v) is 4.40. The molecular formula is C15H15NO. The van der Waals surface area contributed by atoms with Gasteiger partial charge in [0.2, 0.25) is 0 Å². The van der Waals surface area contributed by atoms with Crippen molar-refractivity contribution in [1.29, 1.82) is 0 Å². The molecule has 0 amide bonds. The van der Waals surface area contributed by atoms with Crippen LogP contribution in [-0.2, 0) is 0 Å². The molecule has 86 valence electrons. The average Bonchev–Trinajstić information content (AvgIpc) is 2.40. The van der Waals surface area contributed by atoms with E-state index < -0.39 is 0 Å². The number of hydrogen-bond acceptors (Lipinski definition) is 2. The summed E-state index contributed by atoms with van der Waals surface area (Å²) in [6, 6.07) is 18.3. The summed E-state index contributed by atoms with van der Waals surface area (Å²) in [4.78, 5) is 0. The van der Waals surface area contributed by atoms with Crippen LogP contribution in [0.4, 0.5) is 0 Å². The zero-order valence-corrected chi connectivity index (χ0v) is 9.54. The molecule has 2 aromatic carbocycles. The molecule has 1 aliphatic rings. The van der Waals surface area contributed by atoms with Crippen LogP contribution in [0.3, 0.4) is 0 Å². The minimum atomic E-state index is 0.0603. The number of nitrogens with two attached hydrogens (primary N) is 1. The summed E-state index contributed by atoms with van der Waals surface area (Å²) in [7, 11) is 0. The quantitative estimate of drug-likeness (QED) is 0.808. The predicted molar refractivity (Wildman–Crippen MR) is 67.8 cm³/mol. The number of hydrogen-bond donors (Lipinski definition) is 1. The standard InChI is InChI=1S/C15H15NO/c16-13-10-15(11-6-2-1-3-7-11)17-14-9-5-4-8-12(13)14/h1-9,13,15H,10,16H2/t13-,15?/m0/s1. The zero-order valence-electron chi connectivity index (χ0n) is 9.54. The summed E-state index contributed by atoms with van der Waals surface area (Å²) >= 11 is 0. The fraction of sp³-hybridized carbons (Fsp3) is 0.200. The van der Waals surface area contributed by atoms with E-state index >= 15 is 0 Å². The second kappa shape index (κ2) is 4.22. The van der Waals surface area contributed by atoms with E-state index in [1.54, 1.807) is 0 Å². The summed E-state index contributed by atoms with van der Waals surface area (Å²) < 4.78 is 6.01. The van der Waals surface area contributed by atoms with Gasteiger partial charge in [-0.05, 0) is 11.6 Å². The Labute approximate surface area is 101 Å². The Balaban J connectivity index is 1.94. The first kappa shape index (κ1) is 10.4. The van der Waals surface area contributed by atoms with E-state index in [4.69, 9.17) is 10.5 Å². The van der Waals surface area contributed by atoms with Crippen LogP contribution in [0.15, 0.2) is 54.6 Å². The Hall–Kier alpha value is -1.80. The zero-order chi connectivity index (χ0) is 11.7. The highest BCUT2D eigenvalue weighted by molar-refractivity contribution is 5.38. The van der Waals surface area contributed by atoms with Gasteiger partial charge in [-0.2, -0.15) is 0 Å². The highest BCUT2D eigenvalue weighted by Crippen LogP contribution is 2.39. The maximum absolute atomic E-state index is 6.19. The molecule has 1 aliphatic heterocycles. The Kier molecular flexibility index (Phi) is 2.57. The van der Waals surface area contributed by atoms with Gasteiger partial charge in [-0.3, -0.25) is 0 Å². The van der Waals surface area contributed by atoms with Gasteiger partial charge in [-0.1, -0.05) is 48.5 Å². The summed E-state index contributed by atoms with van der Waals surface area (Å²) in [6.45, 7) is 0. The van der Waals surface area contributed by atoms with Crippen molar-refractivity contribution < 1.29 is 4.74 Å². The van der Waals surface area contributed by atoms with Gasteiger partial charge in [0.05, 0.1) is 0 Å². The molecule has 0 bridgehead atoms. The highest BCUT2D eigenvalue weighted by atomic mass is 16.5. The van der Waals surface area contributed by atoms with E-state index in [2.05, 4.69) is 12.1 Å². The van der Waals surface area contributed by atoms with E-state index in [0.717, 1.165) is 17.7 Å². The molecule has 0 aromatic heterocycles. The number of rotatable bonds is 1. The van der Waals surface area contributed by atoms with E-state index in [1.807, 2.05) is 42.5 Å². The van der Waals surface area contributed by atoms with Crippen LogP contribution < -0.4 is 10.5 Å². The molecule has 1 unspecified atom stereocenters. The van der Waals surface area contributed by atoms with Crippen LogP contribution in [-0.4, -0.2) is 0 Å². The first-order valence-corrected chi connectivity index (χ1v) is 5.91. The van der Waals surface area contributed by atoms with Crippen LogP contribution in [0.2, 0.25) is 0 Å². The molecule has 3 rings (SSSR count). The third-order valence-corrected chi connectivity index (χ3v) is 3.23. The summed E-state index contributed by atoms with van der Waals surface area (Å²) in [5.74, 6) is 0.917. The van der Waals surface area contributed by atoms with Crippen molar-refractivity contribution in [3.05, 3.63) is 65.7 Å². The average molecular weight is 225 g/mol. The van der Waals surface area contributed by atoms with Crippen molar-refractivity contribution in [3.63, 3.8) is 0 Å². The Morgan fingerprint density at radius 1 is 0.941 bits per heavy atom. The third-order valence-electron chi connectivity index (χ3n) is 3.23. The molecule has 0 fully saturated rings. The van der Waals surface area contributed by atoms with Crippen LogP contribution in [0, 0.1) is 0 Å². The molecule has 2 nitrogen and oxygen atoms in total. The van der Waals surface area contributed by atoms with Crippen LogP contribution in [0.25, 0.3) is 0 Å². The van der Waals surface area contributed by atoms with Crippen molar-refractivity contribution in [3.8, 4) is 5.75 Å². The Bertz CT molecular complexity index is 509. The third kappa shape index (κ3) is 1.92. The lowest BCUT2D eigenvalue weighted by atomic mass is 9.94. The van der Waals surface area contributed by atoms with Gasteiger partial charge in [-0.15, -0.1) is 0 Å². The van der Waals surface area contributed by atoms with Gasteiger partial charge in [0.1, 0.15) is 11.9 Å². The Morgan fingerprint density at radius 2 is 1.65 bits per heavy atom. The van der Waals surface area contributed by atoms with E-state index in [0.29, 0.717) is 0 Å². The largest absolute Gasteiger partial charge is 0.485 e. The molecule has 0 aliphatic carbocycles. The first-order valence-electron chi connectivity index (χ1n) is 5.91. The molecule has 2 aromatic rings. The minimum absolute atomic E-state index is 0.0603. The van der Waals surface area contributed by atoms with E-state index in [-0.39, 0.29) is 12.1 Å². The number of ether oxygens (including phenoxy) is 1. The van der Waals surface area contributed by atoms with Crippen molar-refractivity contribution >= 4 is 0 Å². The monoisotopic (exact) mass is 225 g/mol. The SMILES string of the molecule is N[C@H]1CC(c2ccccc2)Oc2ccccc21. The van der Waals surface area contributed by atoms with E-state index in [1.165, 1.54) is 5.56 Å².